The number of hydrogen-bond donors (Lipinski definition) is 2. The van der Waals surface area contributed by atoms with Gasteiger partial charge in [0.2, 0.25) is 5.91 Å². The number of ether oxygens (including phenoxy) is 1. The van der Waals surface area contributed by atoms with Gasteiger partial charge in [-0.15, -0.1) is 0 Å². The third-order valence-corrected chi connectivity index (χ3v) is 4.03. The molecule has 0 aliphatic carbocycles. The van der Waals surface area contributed by atoms with Crippen molar-refractivity contribution in [3.63, 3.8) is 0 Å². The molecule has 6 nitrogen and oxygen atoms in total. The van der Waals surface area contributed by atoms with Gasteiger partial charge in [0.25, 0.3) is 0 Å². The first-order valence-electron chi connectivity index (χ1n) is 8.15. The third-order valence-electron chi connectivity index (χ3n) is 4.03. The first-order valence-corrected chi connectivity index (χ1v) is 8.15. The van der Waals surface area contributed by atoms with E-state index in [1.807, 2.05) is 0 Å². The fourth-order valence-corrected chi connectivity index (χ4v) is 2.78. The molecule has 1 aromatic heterocycles. The van der Waals surface area contributed by atoms with E-state index in [4.69, 9.17) is 4.74 Å². The summed E-state index contributed by atoms with van der Waals surface area (Å²) in [4.78, 5) is 38.7. The van der Waals surface area contributed by atoms with Crippen LogP contribution in [0.3, 0.4) is 0 Å². The van der Waals surface area contributed by atoms with Gasteiger partial charge in [0, 0.05) is 19.2 Å². The molecule has 0 saturated carbocycles. The van der Waals surface area contributed by atoms with Gasteiger partial charge in [0.15, 0.2) is 5.78 Å². The minimum absolute atomic E-state index is 0.0955. The van der Waals surface area contributed by atoms with Crippen molar-refractivity contribution < 1.29 is 23.5 Å². The first kappa shape index (κ1) is 19.4. The first-order chi connectivity index (χ1) is 12.3. The number of aromatic nitrogens is 1. The average Bonchev–Trinajstić information content (AvgIpc) is 2.90. The number of ketones is 1. The van der Waals surface area contributed by atoms with Gasteiger partial charge in [0.05, 0.1) is 24.8 Å². The Morgan fingerprint density at radius 2 is 2.00 bits per heavy atom. The number of hydrogen-bond acceptors (Lipinski definition) is 4. The maximum absolute atomic E-state index is 13.1. The number of Topliss-reactive ketones (excluding diaryl/α,β-unsaturated/α-hetero) is 1. The van der Waals surface area contributed by atoms with Crippen molar-refractivity contribution in [1.82, 2.24) is 10.3 Å². The summed E-state index contributed by atoms with van der Waals surface area (Å²) >= 11 is 0. The van der Waals surface area contributed by atoms with Crippen LogP contribution >= 0.6 is 0 Å². The number of aromatic amines is 1. The normalized spacial score (nSPS) is 10.5. The summed E-state index contributed by atoms with van der Waals surface area (Å²) in [5, 5.41) is 2.72. The Hall–Kier alpha value is -2.96. The molecule has 0 aliphatic heterocycles. The molecule has 138 valence electrons. The Bertz CT molecular complexity index is 842. The summed E-state index contributed by atoms with van der Waals surface area (Å²) in [6.07, 6.45) is 0.386. The molecule has 0 unspecified atom stereocenters. The van der Waals surface area contributed by atoms with Crippen LogP contribution in [-0.2, 0) is 22.4 Å². The molecule has 2 rings (SSSR count). The van der Waals surface area contributed by atoms with Crippen LogP contribution in [0.4, 0.5) is 4.39 Å². The monoisotopic (exact) mass is 360 g/mol. The van der Waals surface area contributed by atoms with E-state index in [9.17, 15) is 18.8 Å². The van der Waals surface area contributed by atoms with E-state index in [1.54, 1.807) is 19.1 Å². The van der Waals surface area contributed by atoms with Gasteiger partial charge in [-0.2, -0.15) is 0 Å². The van der Waals surface area contributed by atoms with E-state index in [2.05, 4.69) is 10.3 Å². The van der Waals surface area contributed by atoms with Crippen LogP contribution in [0.25, 0.3) is 0 Å². The maximum atomic E-state index is 13.1. The van der Waals surface area contributed by atoms with E-state index in [0.29, 0.717) is 24.2 Å². The molecule has 0 atom stereocenters. The molecule has 1 aromatic carbocycles. The predicted molar refractivity (Wildman–Crippen MR) is 93.7 cm³/mol. The standard InChI is InChI=1S/C19H21FN2O4/c1-11-17(19(25)26-3)15(22-18(11)12(2)23)10-16(24)21-8-7-13-5-4-6-14(20)9-13/h4-6,9,22H,7-8,10H2,1-3H3,(H,21,24). The second-order valence-electron chi connectivity index (χ2n) is 5.93. The average molecular weight is 360 g/mol. The van der Waals surface area contributed by atoms with Crippen LogP contribution in [0, 0.1) is 12.7 Å². The van der Waals surface area contributed by atoms with Crippen molar-refractivity contribution in [2.24, 2.45) is 0 Å². The number of carbonyl (C=O) groups excluding carboxylic acids is 3. The molecule has 0 aliphatic rings. The lowest BCUT2D eigenvalue weighted by Gasteiger charge is -2.06. The molecule has 0 bridgehead atoms. The molecular weight excluding hydrogens is 339 g/mol. The van der Waals surface area contributed by atoms with Gasteiger partial charge >= 0.3 is 5.97 Å². The van der Waals surface area contributed by atoms with Crippen LogP contribution in [0.2, 0.25) is 0 Å². The number of halogens is 1. The van der Waals surface area contributed by atoms with Crippen LogP contribution in [0.1, 0.15) is 44.6 Å². The van der Waals surface area contributed by atoms with Crippen molar-refractivity contribution in [3.05, 3.63) is 58.2 Å². The molecule has 1 amide bonds. The molecule has 0 fully saturated rings. The Labute approximate surface area is 150 Å². The maximum Gasteiger partial charge on any atom is 0.339 e. The van der Waals surface area contributed by atoms with Crippen molar-refractivity contribution in [2.45, 2.75) is 26.7 Å². The van der Waals surface area contributed by atoms with E-state index in [-0.39, 0.29) is 35.2 Å². The second-order valence-corrected chi connectivity index (χ2v) is 5.93. The van der Waals surface area contributed by atoms with E-state index in [0.717, 1.165) is 5.56 Å². The lowest BCUT2D eigenvalue weighted by Crippen LogP contribution is -2.28. The molecule has 1 heterocycles. The predicted octanol–water partition coefficient (Wildman–Crippen LogP) is 2.35. The Morgan fingerprint density at radius 3 is 2.62 bits per heavy atom. The number of esters is 1. The van der Waals surface area contributed by atoms with Gasteiger partial charge in [-0.1, -0.05) is 12.1 Å². The fourth-order valence-electron chi connectivity index (χ4n) is 2.78. The van der Waals surface area contributed by atoms with Crippen LogP contribution in [-0.4, -0.2) is 36.3 Å². The topological polar surface area (TPSA) is 88.3 Å². The molecular formula is C19H21FN2O4. The molecule has 0 radical (unpaired) electrons. The highest BCUT2D eigenvalue weighted by molar-refractivity contribution is 6.01. The van der Waals surface area contributed by atoms with Gasteiger partial charge in [-0.3, -0.25) is 9.59 Å². The lowest BCUT2D eigenvalue weighted by molar-refractivity contribution is -0.120. The number of rotatable bonds is 7. The zero-order valence-electron chi connectivity index (χ0n) is 14.9. The van der Waals surface area contributed by atoms with Crippen LogP contribution in [0.5, 0.6) is 0 Å². The Balaban J connectivity index is 2.05. The number of benzene rings is 1. The quantitative estimate of drug-likeness (QED) is 0.586. The summed E-state index contributed by atoms with van der Waals surface area (Å²) in [5.74, 6) is -1.47. The summed E-state index contributed by atoms with van der Waals surface area (Å²) in [5.41, 5.74) is 2.07. The van der Waals surface area contributed by atoms with Crippen molar-refractivity contribution >= 4 is 17.7 Å². The summed E-state index contributed by atoms with van der Waals surface area (Å²) in [6.45, 7) is 3.34. The number of methoxy groups -OCH3 is 1. The van der Waals surface area contributed by atoms with Crippen molar-refractivity contribution in [2.75, 3.05) is 13.7 Å². The molecule has 0 saturated heterocycles. The van der Waals surface area contributed by atoms with E-state index >= 15 is 0 Å². The van der Waals surface area contributed by atoms with E-state index in [1.165, 1.54) is 26.2 Å². The van der Waals surface area contributed by atoms with Crippen LogP contribution < -0.4 is 5.32 Å². The Kier molecular flexibility index (Phi) is 6.27. The van der Waals surface area contributed by atoms with Gasteiger partial charge in [0.1, 0.15) is 5.82 Å². The summed E-state index contributed by atoms with van der Waals surface area (Å²) in [7, 11) is 1.24. The molecule has 2 N–H and O–H groups in total. The molecule has 26 heavy (non-hydrogen) atoms. The number of carbonyl (C=O) groups is 3. The van der Waals surface area contributed by atoms with E-state index < -0.39 is 5.97 Å². The third kappa shape index (κ3) is 4.56. The van der Waals surface area contributed by atoms with Crippen molar-refractivity contribution in [1.29, 1.82) is 0 Å². The zero-order valence-corrected chi connectivity index (χ0v) is 14.9. The summed E-state index contributed by atoms with van der Waals surface area (Å²) in [6, 6.07) is 6.16. The molecule has 2 aromatic rings. The highest BCUT2D eigenvalue weighted by Crippen LogP contribution is 2.20. The van der Waals surface area contributed by atoms with Crippen LogP contribution in [0.15, 0.2) is 24.3 Å². The SMILES string of the molecule is COC(=O)c1c(CC(=O)NCCc2cccc(F)c2)[nH]c(C(C)=O)c1C. The van der Waals surface area contributed by atoms with Gasteiger partial charge in [-0.05, 0) is 36.6 Å². The number of amides is 1. The number of nitrogens with one attached hydrogen (secondary N) is 2. The molecule has 0 spiro atoms. The largest absolute Gasteiger partial charge is 0.465 e. The highest BCUT2D eigenvalue weighted by atomic mass is 19.1. The minimum atomic E-state index is -0.603. The smallest absolute Gasteiger partial charge is 0.339 e. The van der Waals surface area contributed by atoms with Crippen molar-refractivity contribution in [3.8, 4) is 0 Å². The minimum Gasteiger partial charge on any atom is -0.465 e. The van der Waals surface area contributed by atoms with Gasteiger partial charge < -0.3 is 15.0 Å². The fraction of sp³-hybridized carbons (Fsp3) is 0.316. The Morgan fingerprint density at radius 1 is 1.27 bits per heavy atom. The zero-order chi connectivity index (χ0) is 19.3. The summed E-state index contributed by atoms with van der Waals surface area (Å²) < 4.78 is 17.9. The lowest BCUT2D eigenvalue weighted by atomic mass is 10.1. The van der Waals surface area contributed by atoms with Gasteiger partial charge in [-0.25, -0.2) is 9.18 Å². The second kappa shape index (κ2) is 8.42. The molecule has 7 heteroatoms. The number of H-pyrrole nitrogens is 1. The highest BCUT2D eigenvalue weighted by Gasteiger charge is 2.24.